The molecule has 0 bridgehead atoms. The van der Waals surface area contributed by atoms with Crippen LogP contribution in [0, 0.1) is 0 Å². The van der Waals surface area contributed by atoms with Crippen LogP contribution in [0.3, 0.4) is 0 Å². The molecule has 0 aliphatic carbocycles. The van der Waals surface area contributed by atoms with Gasteiger partial charge in [0.2, 0.25) is 12.2 Å². The summed E-state index contributed by atoms with van der Waals surface area (Å²) >= 11 is 12.0. The van der Waals surface area contributed by atoms with Crippen LogP contribution in [0.15, 0.2) is 65.4 Å². The van der Waals surface area contributed by atoms with E-state index in [9.17, 15) is 4.79 Å². The Morgan fingerprint density at radius 1 is 0.958 bits per heavy atom. The van der Waals surface area contributed by atoms with Crippen molar-refractivity contribution in [1.82, 2.24) is 4.48 Å². The van der Waals surface area contributed by atoms with Gasteiger partial charge in [-0.1, -0.05) is 23.2 Å². The van der Waals surface area contributed by atoms with E-state index in [1.807, 2.05) is 61.1 Å². The number of primary amides is 1. The molecule has 0 saturated carbocycles. The number of rotatable bonds is 5. The summed E-state index contributed by atoms with van der Waals surface area (Å²) < 4.78 is 0.308. The zero-order valence-corrected chi connectivity index (χ0v) is 14.3. The van der Waals surface area contributed by atoms with Gasteiger partial charge >= 0.3 is 0 Å². The second kappa shape index (κ2) is 6.77. The van der Waals surface area contributed by atoms with Crippen LogP contribution in [0.4, 0.5) is 11.4 Å². The first kappa shape index (κ1) is 16.7. The fourth-order valence-corrected chi connectivity index (χ4v) is 2.91. The Bertz CT molecular complexity index is 766. The second-order valence-electron chi connectivity index (χ2n) is 5.56. The number of allylic oxidation sites excluding steroid dienone is 1. The lowest BCUT2D eigenvalue weighted by atomic mass is 10.2. The Balaban J connectivity index is 2.06. The molecule has 3 rings (SSSR count). The average Bonchev–Trinajstić information content (AvgIpc) is 3.00. The zero-order valence-electron chi connectivity index (χ0n) is 12.8. The standard InChI is InChI=1S/C18H15Cl2N3O/c19-13-1-6-16(7-2-13)23(17-8-3-14(20)4-9-17)11-15(22-12-23)5-10-18(21)24/h1-4,6-9,11-12H,5,10H2,(H-,21,24)/p+1. The fourth-order valence-electron chi connectivity index (χ4n) is 2.65. The van der Waals surface area contributed by atoms with Crippen molar-refractivity contribution in [3.05, 3.63) is 70.5 Å². The number of halogens is 2. The van der Waals surface area contributed by atoms with Crippen LogP contribution in [0.5, 0.6) is 0 Å². The number of benzene rings is 2. The van der Waals surface area contributed by atoms with Gasteiger partial charge < -0.3 is 5.73 Å². The first-order chi connectivity index (χ1) is 11.5. The van der Waals surface area contributed by atoms with Crippen molar-refractivity contribution in [2.24, 2.45) is 10.7 Å². The highest BCUT2D eigenvalue weighted by molar-refractivity contribution is 6.31. The summed E-state index contributed by atoms with van der Waals surface area (Å²) in [5.41, 5.74) is 8.03. The summed E-state index contributed by atoms with van der Waals surface area (Å²) in [6.45, 7) is 0. The minimum absolute atomic E-state index is 0.268. The van der Waals surface area contributed by atoms with E-state index in [-0.39, 0.29) is 12.3 Å². The smallest absolute Gasteiger partial charge is 0.217 e. The predicted molar refractivity (Wildman–Crippen MR) is 99.4 cm³/mol. The molecule has 1 heterocycles. The number of nitrogens with zero attached hydrogens (tertiary/aromatic N) is 2. The number of carbonyl (C=O) groups is 1. The van der Waals surface area contributed by atoms with Crippen molar-refractivity contribution in [3.8, 4) is 0 Å². The maximum Gasteiger partial charge on any atom is 0.217 e. The highest BCUT2D eigenvalue weighted by atomic mass is 35.5. The molecule has 2 aromatic rings. The third kappa shape index (κ3) is 3.36. The van der Waals surface area contributed by atoms with Crippen molar-refractivity contribution in [2.45, 2.75) is 12.8 Å². The first-order valence-electron chi connectivity index (χ1n) is 7.45. The summed E-state index contributed by atoms with van der Waals surface area (Å²) in [5.74, 6) is -0.339. The van der Waals surface area contributed by atoms with Gasteiger partial charge in [-0.05, 0) is 24.3 Å². The lowest BCUT2D eigenvalue weighted by molar-refractivity contribution is -0.117. The van der Waals surface area contributed by atoms with E-state index in [0.717, 1.165) is 17.1 Å². The number of hydrogen-bond acceptors (Lipinski definition) is 2. The molecule has 122 valence electrons. The van der Waals surface area contributed by atoms with Gasteiger partial charge in [-0.15, -0.1) is 0 Å². The largest absolute Gasteiger partial charge is 0.370 e. The van der Waals surface area contributed by atoms with Crippen LogP contribution in [-0.2, 0) is 4.79 Å². The van der Waals surface area contributed by atoms with E-state index < -0.39 is 0 Å². The van der Waals surface area contributed by atoms with E-state index in [1.54, 1.807) is 0 Å². The molecule has 24 heavy (non-hydrogen) atoms. The van der Waals surface area contributed by atoms with Gasteiger partial charge in [0.1, 0.15) is 23.3 Å². The summed E-state index contributed by atoms with van der Waals surface area (Å²) in [7, 11) is 0. The monoisotopic (exact) mass is 360 g/mol. The highest BCUT2D eigenvalue weighted by Gasteiger charge is 2.35. The number of carbonyl (C=O) groups excluding carboxylic acids is 1. The van der Waals surface area contributed by atoms with E-state index in [4.69, 9.17) is 28.9 Å². The van der Waals surface area contributed by atoms with Gasteiger partial charge in [0.25, 0.3) is 0 Å². The Kier molecular flexibility index (Phi) is 4.71. The quantitative estimate of drug-likeness (QED) is 0.766. The summed E-state index contributed by atoms with van der Waals surface area (Å²) in [5, 5.41) is 1.34. The summed E-state index contributed by atoms with van der Waals surface area (Å²) in [4.78, 5) is 15.5. The first-order valence-corrected chi connectivity index (χ1v) is 8.21. The van der Waals surface area contributed by atoms with Crippen LogP contribution in [0.25, 0.3) is 0 Å². The zero-order chi connectivity index (χ0) is 17.2. The Morgan fingerprint density at radius 3 is 1.92 bits per heavy atom. The molecule has 1 aliphatic heterocycles. The molecule has 4 nitrogen and oxygen atoms in total. The van der Waals surface area contributed by atoms with E-state index in [1.165, 1.54) is 0 Å². The molecular formula is C18H16Cl2N3O+. The lowest BCUT2D eigenvalue weighted by Gasteiger charge is -2.26. The molecule has 1 aliphatic rings. The van der Waals surface area contributed by atoms with Gasteiger partial charge in [0.05, 0.1) is 0 Å². The van der Waals surface area contributed by atoms with Gasteiger partial charge in [0, 0.05) is 47.2 Å². The van der Waals surface area contributed by atoms with Crippen molar-refractivity contribution in [1.29, 1.82) is 0 Å². The van der Waals surface area contributed by atoms with Crippen LogP contribution < -0.4 is 10.2 Å². The third-order valence-electron chi connectivity index (χ3n) is 3.89. The third-order valence-corrected chi connectivity index (χ3v) is 4.40. The number of aliphatic imine (C=N–C) groups is 1. The highest BCUT2D eigenvalue weighted by Crippen LogP contribution is 2.39. The van der Waals surface area contributed by atoms with Crippen LogP contribution in [0.1, 0.15) is 12.8 Å². The Labute approximate surface area is 150 Å². The Hall–Kier alpha value is -2.14. The molecule has 0 saturated heterocycles. The molecular weight excluding hydrogens is 345 g/mol. The normalized spacial score (nSPS) is 15.3. The molecule has 6 heteroatoms. The lowest BCUT2D eigenvalue weighted by Crippen LogP contribution is -2.34. The van der Waals surface area contributed by atoms with E-state index in [2.05, 4.69) is 4.99 Å². The molecule has 0 fully saturated rings. The van der Waals surface area contributed by atoms with Gasteiger partial charge in [0.15, 0.2) is 0 Å². The number of nitrogens with two attached hydrogens (primary N) is 1. The van der Waals surface area contributed by atoms with Crippen molar-refractivity contribution >= 4 is 46.8 Å². The molecule has 0 radical (unpaired) electrons. The SMILES string of the molecule is NC(=O)CCC1=C[N+](c2ccc(Cl)cc2)(c2ccc(Cl)cc2)C=N1. The molecule has 0 aromatic heterocycles. The van der Waals surface area contributed by atoms with Crippen molar-refractivity contribution < 1.29 is 4.79 Å². The van der Waals surface area contributed by atoms with Crippen LogP contribution in [0.2, 0.25) is 10.0 Å². The predicted octanol–water partition coefficient (Wildman–Crippen LogP) is 4.78. The summed E-state index contributed by atoms with van der Waals surface area (Å²) in [6.07, 6.45) is 4.62. The Morgan fingerprint density at radius 2 is 1.46 bits per heavy atom. The van der Waals surface area contributed by atoms with Gasteiger partial charge in [-0.25, -0.2) is 4.99 Å². The maximum absolute atomic E-state index is 11.0. The summed E-state index contributed by atoms with van der Waals surface area (Å²) in [6, 6.07) is 15.2. The average molecular weight is 361 g/mol. The number of amides is 1. The fraction of sp³-hybridized carbons (Fsp3) is 0.111. The van der Waals surface area contributed by atoms with Crippen molar-refractivity contribution in [2.75, 3.05) is 0 Å². The van der Waals surface area contributed by atoms with Crippen LogP contribution in [-0.4, -0.2) is 12.2 Å². The van der Waals surface area contributed by atoms with E-state index >= 15 is 0 Å². The number of hydrogen-bond donors (Lipinski definition) is 1. The van der Waals surface area contributed by atoms with Crippen LogP contribution >= 0.6 is 23.2 Å². The molecule has 2 N–H and O–H groups in total. The number of quaternary nitrogens is 1. The molecule has 1 amide bonds. The van der Waals surface area contributed by atoms with Gasteiger partial charge in [-0.3, -0.25) is 4.79 Å². The molecule has 2 aromatic carbocycles. The van der Waals surface area contributed by atoms with Gasteiger partial charge in [-0.2, -0.15) is 4.48 Å². The minimum atomic E-state index is -0.339. The van der Waals surface area contributed by atoms with E-state index in [0.29, 0.717) is 20.9 Å². The minimum Gasteiger partial charge on any atom is -0.370 e. The topological polar surface area (TPSA) is 55.5 Å². The molecule has 0 spiro atoms. The van der Waals surface area contributed by atoms with Crippen molar-refractivity contribution in [3.63, 3.8) is 0 Å². The molecule has 0 atom stereocenters. The maximum atomic E-state index is 11.0. The molecule has 0 unspecified atom stereocenters. The second-order valence-corrected chi connectivity index (χ2v) is 6.43.